The van der Waals surface area contributed by atoms with Crippen LogP contribution in [0.15, 0.2) is 30.3 Å². The fourth-order valence-corrected chi connectivity index (χ4v) is 2.25. The van der Waals surface area contributed by atoms with Gasteiger partial charge in [0.1, 0.15) is 5.75 Å². The standard InChI is InChI=1S/C15H19NO3/c1-19-14-5-3-2-4-13(14)6-7-15(18)16-9-8-12(10-16)11-17/h2-7,12,17H,8-11H2,1H3/b7-6+. The number of hydrogen-bond donors (Lipinski definition) is 1. The van der Waals surface area contributed by atoms with Crippen LogP contribution in [-0.4, -0.2) is 42.7 Å². The summed E-state index contributed by atoms with van der Waals surface area (Å²) in [6.45, 7) is 1.52. The van der Waals surface area contributed by atoms with Gasteiger partial charge in [0.25, 0.3) is 0 Å². The van der Waals surface area contributed by atoms with E-state index in [0.29, 0.717) is 6.54 Å². The number of hydrogen-bond acceptors (Lipinski definition) is 3. The van der Waals surface area contributed by atoms with E-state index < -0.39 is 0 Å². The van der Waals surface area contributed by atoms with Crippen molar-refractivity contribution in [1.29, 1.82) is 0 Å². The number of aliphatic hydroxyl groups excluding tert-OH is 1. The third-order valence-electron chi connectivity index (χ3n) is 3.40. The third-order valence-corrected chi connectivity index (χ3v) is 3.40. The lowest BCUT2D eigenvalue weighted by Gasteiger charge is -2.13. The van der Waals surface area contributed by atoms with Gasteiger partial charge in [-0.15, -0.1) is 0 Å². The second-order valence-corrected chi connectivity index (χ2v) is 4.70. The lowest BCUT2D eigenvalue weighted by Crippen LogP contribution is -2.27. The van der Waals surface area contributed by atoms with E-state index in [1.165, 1.54) is 0 Å². The van der Waals surface area contributed by atoms with Crippen LogP contribution in [0, 0.1) is 5.92 Å². The number of aliphatic hydroxyl groups is 1. The van der Waals surface area contributed by atoms with Crippen LogP contribution in [0.25, 0.3) is 6.08 Å². The van der Waals surface area contributed by atoms with E-state index in [-0.39, 0.29) is 18.4 Å². The summed E-state index contributed by atoms with van der Waals surface area (Å²) < 4.78 is 5.23. The van der Waals surface area contributed by atoms with E-state index in [1.54, 1.807) is 24.2 Å². The van der Waals surface area contributed by atoms with E-state index in [0.717, 1.165) is 24.3 Å². The summed E-state index contributed by atoms with van der Waals surface area (Å²) in [7, 11) is 1.61. The summed E-state index contributed by atoms with van der Waals surface area (Å²) in [4.78, 5) is 13.8. The van der Waals surface area contributed by atoms with Crippen molar-refractivity contribution in [3.8, 4) is 5.75 Å². The molecule has 4 heteroatoms. The fourth-order valence-electron chi connectivity index (χ4n) is 2.25. The van der Waals surface area contributed by atoms with Crippen LogP contribution in [0.2, 0.25) is 0 Å². The first kappa shape index (κ1) is 13.6. The molecule has 102 valence electrons. The second-order valence-electron chi connectivity index (χ2n) is 4.70. The number of rotatable bonds is 4. The third kappa shape index (κ3) is 3.35. The van der Waals surface area contributed by atoms with Crippen molar-refractivity contribution >= 4 is 12.0 Å². The van der Waals surface area contributed by atoms with Crippen LogP contribution in [0.1, 0.15) is 12.0 Å². The summed E-state index contributed by atoms with van der Waals surface area (Å²) in [6, 6.07) is 7.57. The number of benzene rings is 1. The molecule has 0 aliphatic carbocycles. The van der Waals surface area contributed by atoms with Crippen molar-refractivity contribution < 1.29 is 14.6 Å². The van der Waals surface area contributed by atoms with E-state index in [4.69, 9.17) is 9.84 Å². The molecule has 2 rings (SSSR count). The topological polar surface area (TPSA) is 49.8 Å². The monoisotopic (exact) mass is 261 g/mol. The Kier molecular flexibility index (Phi) is 4.58. The number of carbonyl (C=O) groups is 1. The molecule has 0 bridgehead atoms. The molecule has 19 heavy (non-hydrogen) atoms. The summed E-state index contributed by atoms with van der Waals surface area (Å²) >= 11 is 0. The molecule has 0 aromatic heterocycles. The summed E-state index contributed by atoms with van der Waals surface area (Å²) in [5.41, 5.74) is 0.885. The average Bonchev–Trinajstić information content (AvgIpc) is 2.94. The number of nitrogens with zero attached hydrogens (tertiary/aromatic N) is 1. The first-order valence-electron chi connectivity index (χ1n) is 6.45. The highest BCUT2D eigenvalue weighted by Crippen LogP contribution is 2.20. The maximum atomic E-state index is 12.0. The first-order chi connectivity index (χ1) is 9.24. The molecule has 1 amide bonds. The smallest absolute Gasteiger partial charge is 0.246 e. The number of methoxy groups -OCH3 is 1. The molecule has 0 radical (unpaired) electrons. The molecule has 0 spiro atoms. The van der Waals surface area contributed by atoms with Gasteiger partial charge >= 0.3 is 0 Å². The molecule has 1 atom stereocenters. The van der Waals surface area contributed by atoms with Crippen LogP contribution in [0.5, 0.6) is 5.75 Å². The van der Waals surface area contributed by atoms with Gasteiger partial charge in [-0.25, -0.2) is 0 Å². The molecular formula is C15H19NO3. The lowest BCUT2D eigenvalue weighted by molar-refractivity contribution is -0.125. The SMILES string of the molecule is COc1ccccc1/C=C/C(=O)N1CCC(CO)C1. The van der Waals surface area contributed by atoms with Crippen LogP contribution in [0.4, 0.5) is 0 Å². The van der Waals surface area contributed by atoms with Crippen molar-refractivity contribution in [1.82, 2.24) is 4.90 Å². The van der Waals surface area contributed by atoms with Crippen LogP contribution in [-0.2, 0) is 4.79 Å². The van der Waals surface area contributed by atoms with Gasteiger partial charge in [0.05, 0.1) is 7.11 Å². The Labute approximate surface area is 113 Å². The molecule has 1 fully saturated rings. The Bertz CT molecular complexity index is 470. The first-order valence-corrected chi connectivity index (χ1v) is 6.45. The number of ether oxygens (including phenoxy) is 1. The number of likely N-dealkylation sites (tertiary alicyclic amines) is 1. The Morgan fingerprint density at radius 2 is 2.32 bits per heavy atom. The van der Waals surface area contributed by atoms with Crippen molar-refractivity contribution in [2.24, 2.45) is 5.92 Å². The van der Waals surface area contributed by atoms with Gasteiger partial charge in [-0.2, -0.15) is 0 Å². The maximum absolute atomic E-state index is 12.0. The van der Waals surface area contributed by atoms with Gasteiger partial charge in [0.15, 0.2) is 0 Å². The quantitative estimate of drug-likeness (QED) is 0.837. The van der Waals surface area contributed by atoms with Gasteiger partial charge in [0.2, 0.25) is 5.91 Å². The van der Waals surface area contributed by atoms with E-state index in [2.05, 4.69) is 0 Å². The highest BCUT2D eigenvalue weighted by molar-refractivity contribution is 5.92. The number of amides is 1. The Hall–Kier alpha value is -1.81. The minimum atomic E-state index is -0.0122. The van der Waals surface area contributed by atoms with Crippen molar-refractivity contribution in [2.45, 2.75) is 6.42 Å². The molecule has 1 aliphatic heterocycles. The Morgan fingerprint density at radius 3 is 3.00 bits per heavy atom. The van der Waals surface area contributed by atoms with E-state index >= 15 is 0 Å². The van der Waals surface area contributed by atoms with E-state index in [9.17, 15) is 4.79 Å². The molecule has 1 saturated heterocycles. The Morgan fingerprint density at radius 1 is 1.53 bits per heavy atom. The fraction of sp³-hybridized carbons (Fsp3) is 0.400. The molecule has 1 unspecified atom stereocenters. The molecule has 4 nitrogen and oxygen atoms in total. The van der Waals surface area contributed by atoms with Crippen LogP contribution < -0.4 is 4.74 Å². The van der Waals surface area contributed by atoms with Crippen LogP contribution >= 0.6 is 0 Å². The van der Waals surface area contributed by atoms with Gasteiger partial charge in [-0.05, 0) is 18.6 Å². The van der Waals surface area contributed by atoms with E-state index in [1.807, 2.05) is 24.3 Å². The van der Waals surface area contributed by atoms with Crippen molar-refractivity contribution in [2.75, 3.05) is 26.8 Å². The highest BCUT2D eigenvalue weighted by atomic mass is 16.5. The van der Waals surface area contributed by atoms with Gasteiger partial charge in [0, 0.05) is 37.3 Å². The second kappa shape index (κ2) is 6.38. The minimum Gasteiger partial charge on any atom is -0.496 e. The molecule has 1 N–H and O–H groups in total. The van der Waals surface area contributed by atoms with Crippen molar-refractivity contribution in [3.63, 3.8) is 0 Å². The molecular weight excluding hydrogens is 242 g/mol. The van der Waals surface area contributed by atoms with Gasteiger partial charge < -0.3 is 14.7 Å². The maximum Gasteiger partial charge on any atom is 0.246 e. The minimum absolute atomic E-state index is 0.0122. The molecule has 0 saturated carbocycles. The normalized spacial score (nSPS) is 19.1. The van der Waals surface area contributed by atoms with Gasteiger partial charge in [-0.1, -0.05) is 18.2 Å². The zero-order valence-electron chi connectivity index (χ0n) is 11.1. The molecule has 1 aliphatic rings. The Balaban J connectivity index is 2.00. The lowest BCUT2D eigenvalue weighted by atomic mass is 10.1. The molecule has 1 heterocycles. The predicted molar refractivity (Wildman–Crippen MR) is 73.8 cm³/mol. The average molecular weight is 261 g/mol. The summed E-state index contributed by atoms with van der Waals surface area (Å²) in [5.74, 6) is 0.965. The summed E-state index contributed by atoms with van der Waals surface area (Å²) in [5, 5.41) is 9.07. The zero-order valence-corrected chi connectivity index (χ0v) is 11.1. The number of para-hydroxylation sites is 1. The molecule has 1 aromatic carbocycles. The highest BCUT2D eigenvalue weighted by Gasteiger charge is 2.24. The number of carbonyl (C=O) groups excluding carboxylic acids is 1. The molecule has 1 aromatic rings. The van der Waals surface area contributed by atoms with Crippen molar-refractivity contribution in [3.05, 3.63) is 35.9 Å². The van der Waals surface area contributed by atoms with Crippen LogP contribution in [0.3, 0.4) is 0 Å². The largest absolute Gasteiger partial charge is 0.496 e. The summed E-state index contributed by atoms with van der Waals surface area (Å²) in [6.07, 6.45) is 4.22. The zero-order chi connectivity index (χ0) is 13.7. The van der Waals surface area contributed by atoms with Gasteiger partial charge in [-0.3, -0.25) is 4.79 Å². The predicted octanol–water partition coefficient (Wildman–Crippen LogP) is 1.55.